The number of aromatic nitrogens is 1. The monoisotopic (exact) mass is 533 g/mol. The number of carbonyl (C=O) groups is 5. The van der Waals surface area contributed by atoms with Crippen molar-refractivity contribution < 1.29 is 38.7 Å². The fourth-order valence-corrected chi connectivity index (χ4v) is 5.19. The molecule has 3 N–H and O–H groups in total. The van der Waals surface area contributed by atoms with Gasteiger partial charge in [-0.15, -0.1) is 23.1 Å². The third-order valence-electron chi connectivity index (χ3n) is 5.07. The molecule has 36 heavy (non-hydrogen) atoms. The Kier molecular flexibility index (Phi) is 6.98. The van der Waals surface area contributed by atoms with Crippen molar-refractivity contribution in [3.63, 3.8) is 0 Å². The lowest BCUT2D eigenvalue weighted by Gasteiger charge is -2.48. The molecule has 0 bridgehead atoms. The Bertz CT molecular complexity index is 1310. The summed E-state index contributed by atoms with van der Waals surface area (Å²) in [6.45, 7) is -0.267. The van der Waals surface area contributed by atoms with Crippen molar-refractivity contribution in [2.75, 3.05) is 11.1 Å². The van der Waals surface area contributed by atoms with Gasteiger partial charge in [0.25, 0.3) is 23.3 Å². The molecule has 1 fully saturated rings. The molecule has 4 rings (SSSR count). The number of amides is 3. The van der Waals surface area contributed by atoms with Crippen LogP contribution in [0.1, 0.15) is 16.1 Å². The number of benzene rings is 1. The Balaban J connectivity index is 1.38. The Labute approximate surface area is 209 Å². The first-order valence-corrected chi connectivity index (χ1v) is 11.9. The molecule has 0 spiro atoms. The summed E-state index contributed by atoms with van der Waals surface area (Å²) in [5.41, 5.74) is -0.285. The Morgan fingerprint density at radius 3 is 2.69 bits per heavy atom. The molecule has 1 unspecified atom stereocenters. The van der Waals surface area contributed by atoms with Crippen molar-refractivity contribution >= 4 is 63.9 Å². The van der Waals surface area contributed by atoms with Gasteiger partial charge in [0.2, 0.25) is 6.41 Å². The molecular formula is C20H15N5O9S2. The molecule has 0 radical (unpaired) electrons. The van der Waals surface area contributed by atoms with Crippen LogP contribution in [0.3, 0.4) is 0 Å². The number of fused-ring (bicyclic) bond motifs is 1. The normalized spacial score (nSPS) is 18.6. The van der Waals surface area contributed by atoms with E-state index in [1.54, 1.807) is 0 Å². The van der Waals surface area contributed by atoms with E-state index in [-0.39, 0.29) is 34.6 Å². The molecule has 2 aromatic rings. The van der Waals surface area contributed by atoms with Crippen LogP contribution in [0.25, 0.3) is 0 Å². The number of non-ortho nitro benzene ring substituents is 1. The highest BCUT2D eigenvalue weighted by molar-refractivity contribution is 8.00. The van der Waals surface area contributed by atoms with E-state index < -0.39 is 45.7 Å². The average Bonchev–Trinajstić information content (AvgIpc) is 3.34. The third-order valence-corrected chi connectivity index (χ3v) is 7.11. The molecule has 1 saturated heterocycles. The number of rotatable bonds is 9. The van der Waals surface area contributed by atoms with Gasteiger partial charge in [-0.2, -0.15) is 0 Å². The van der Waals surface area contributed by atoms with Gasteiger partial charge in [0.1, 0.15) is 29.5 Å². The number of hydrogen-bond donors (Lipinski definition) is 3. The summed E-state index contributed by atoms with van der Waals surface area (Å²) in [5, 5.41) is 26.2. The zero-order valence-electron chi connectivity index (χ0n) is 17.9. The number of nitro benzene ring substituents is 1. The molecule has 3 heterocycles. The molecule has 2 aliphatic heterocycles. The summed E-state index contributed by atoms with van der Waals surface area (Å²) in [6.07, 6.45) is 0.368. The summed E-state index contributed by atoms with van der Waals surface area (Å²) in [5.74, 6) is -4.29. The van der Waals surface area contributed by atoms with E-state index in [4.69, 9.17) is 4.74 Å². The predicted molar refractivity (Wildman–Crippen MR) is 124 cm³/mol. The van der Waals surface area contributed by atoms with Gasteiger partial charge in [-0.3, -0.25) is 34.2 Å². The second kappa shape index (κ2) is 10.1. The maximum atomic E-state index is 12.7. The molecule has 0 saturated carbocycles. The smallest absolute Gasteiger partial charge is 0.358 e. The van der Waals surface area contributed by atoms with Crippen molar-refractivity contribution in [1.29, 1.82) is 0 Å². The van der Waals surface area contributed by atoms with Crippen molar-refractivity contribution in [2.24, 2.45) is 0 Å². The van der Waals surface area contributed by atoms with Crippen LogP contribution >= 0.6 is 23.1 Å². The van der Waals surface area contributed by atoms with Crippen LogP contribution < -0.4 is 10.6 Å². The van der Waals surface area contributed by atoms with Gasteiger partial charge in [-0.25, -0.2) is 9.78 Å². The molecule has 16 heteroatoms. The Morgan fingerprint density at radius 1 is 1.31 bits per heavy atom. The SMILES string of the molecule is O=CNc1nc(C(=O)C(=O)NC2C(=O)N3C(C(=O)OCc4ccc([N+](=O)[O-])cc4)=C(O)CS[C@H]23)cs1. The van der Waals surface area contributed by atoms with Gasteiger partial charge in [0.05, 0.1) is 10.7 Å². The minimum absolute atomic E-state index is 0.0520. The van der Waals surface area contributed by atoms with E-state index in [2.05, 4.69) is 15.6 Å². The summed E-state index contributed by atoms with van der Waals surface area (Å²) in [7, 11) is 0. The fraction of sp³-hybridized carbons (Fsp3) is 0.200. The number of β-lactam (4-membered cyclic amide) rings is 1. The minimum atomic E-state index is -1.14. The zero-order chi connectivity index (χ0) is 26.0. The zero-order valence-corrected chi connectivity index (χ0v) is 19.5. The number of esters is 1. The van der Waals surface area contributed by atoms with Crippen molar-refractivity contribution in [2.45, 2.75) is 18.0 Å². The van der Waals surface area contributed by atoms with E-state index >= 15 is 0 Å². The first-order valence-electron chi connectivity index (χ1n) is 9.99. The van der Waals surface area contributed by atoms with Gasteiger partial charge in [0.15, 0.2) is 10.8 Å². The number of carbonyl (C=O) groups excluding carboxylic acids is 5. The van der Waals surface area contributed by atoms with Crippen LogP contribution in [-0.2, 0) is 30.5 Å². The van der Waals surface area contributed by atoms with Crippen molar-refractivity contribution in [1.82, 2.24) is 15.2 Å². The lowest BCUT2D eigenvalue weighted by Crippen LogP contribution is -2.71. The summed E-state index contributed by atoms with van der Waals surface area (Å²) in [6, 6.07) is 4.15. The second-order valence-corrected chi connectivity index (χ2v) is 9.25. The first-order chi connectivity index (χ1) is 17.2. The number of nitrogens with zero attached hydrogens (tertiary/aromatic N) is 3. The molecule has 1 aromatic carbocycles. The molecule has 14 nitrogen and oxygen atoms in total. The summed E-state index contributed by atoms with van der Waals surface area (Å²) in [4.78, 5) is 75.5. The molecule has 0 aliphatic carbocycles. The number of thioether (sulfide) groups is 1. The number of nitro groups is 1. The average molecular weight is 534 g/mol. The van der Waals surface area contributed by atoms with Crippen LogP contribution in [0.4, 0.5) is 10.8 Å². The minimum Gasteiger partial charge on any atom is -0.509 e. The van der Waals surface area contributed by atoms with Crippen LogP contribution in [-0.4, -0.2) is 67.1 Å². The molecule has 2 aliphatic rings. The number of ketones is 1. The first kappa shape index (κ1) is 24.8. The Morgan fingerprint density at radius 2 is 2.03 bits per heavy atom. The van der Waals surface area contributed by atoms with Crippen molar-refractivity contribution in [3.05, 3.63) is 62.5 Å². The number of hydrogen-bond acceptors (Lipinski definition) is 12. The topological polar surface area (TPSA) is 198 Å². The van der Waals surface area contributed by atoms with E-state index in [1.807, 2.05) is 0 Å². The molecule has 3 amide bonds. The van der Waals surface area contributed by atoms with Gasteiger partial charge < -0.3 is 20.5 Å². The number of aliphatic hydroxyl groups is 1. The predicted octanol–water partition coefficient (Wildman–Crippen LogP) is 0.715. The van der Waals surface area contributed by atoms with Gasteiger partial charge >= 0.3 is 5.97 Å². The second-order valence-electron chi connectivity index (χ2n) is 7.29. The molecule has 186 valence electrons. The Hall–Kier alpha value is -4.31. The van der Waals surface area contributed by atoms with Crippen LogP contribution in [0.15, 0.2) is 41.1 Å². The fourth-order valence-electron chi connectivity index (χ4n) is 3.34. The molecule has 2 atom stereocenters. The summed E-state index contributed by atoms with van der Waals surface area (Å²) < 4.78 is 5.16. The van der Waals surface area contributed by atoms with Gasteiger partial charge in [0, 0.05) is 17.5 Å². The van der Waals surface area contributed by atoms with Crippen molar-refractivity contribution in [3.8, 4) is 0 Å². The lowest BCUT2D eigenvalue weighted by atomic mass is 10.0. The number of ether oxygens (including phenoxy) is 1. The standard InChI is InChI=1S/C20H15N5O9S2/c26-8-21-20-22-11(6-36-20)15(28)16(29)23-13-17(30)24-14(12(27)7-35-18(13)24)19(31)34-5-9-1-3-10(4-2-9)25(32)33/h1-4,6,8,13,18,27H,5,7H2,(H,23,29)(H,21,22,26)/t13?,18-/m1/s1. The van der Waals surface area contributed by atoms with E-state index in [0.717, 1.165) is 28.0 Å². The highest BCUT2D eigenvalue weighted by Gasteiger charge is 2.55. The highest BCUT2D eigenvalue weighted by atomic mass is 32.2. The molecule has 1 aromatic heterocycles. The lowest BCUT2D eigenvalue weighted by molar-refractivity contribution is -0.384. The maximum Gasteiger partial charge on any atom is 0.358 e. The van der Waals surface area contributed by atoms with Gasteiger partial charge in [-0.05, 0) is 17.7 Å². The number of thiazole rings is 1. The number of aliphatic hydroxyl groups excluding tert-OH is 1. The number of nitrogens with one attached hydrogen (secondary N) is 2. The van der Waals surface area contributed by atoms with E-state index in [9.17, 15) is 39.2 Å². The van der Waals surface area contributed by atoms with E-state index in [1.165, 1.54) is 29.6 Å². The summed E-state index contributed by atoms with van der Waals surface area (Å²) >= 11 is 2.01. The largest absolute Gasteiger partial charge is 0.509 e. The maximum absolute atomic E-state index is 12.7. The van der Waals surface area contributed by atoms with Gasteiger partial charge in [-0.1, -0.05) is 0 Å². The van der Waals surface area contributed by atoms with Crippen LogP contribution in [0.5, 0.6) is 0 Å². The van der Waals surface area contributed by atoms with Crippen LogP contribution in [0.2, 0.25) is 0 Å². The van der Waals surface area contributed by atoms with Crippen LogP contribution in [0, 0.1) is 10.1 Å². The third kappa shape index (κ3) is 4.76. The number of Topliss-reactive ketones (excluding diaryl/α,β-unsaturated/α-hetero) is 1. The van der Waals surface area contributed by atoms with E-state index in [0.29, 0.717) is 12.0 Å². The molecular weight excluding hydrogens is 518 g/mol. The highest BCUT2D eigenvalue weighted by Crippen LogP contribution is 2.40. The quantitative estimate of drug-likeness (QED) is 0.0780. The number of anilines is 1.